The van der Waals surface area contributed by atoms with Crippen molar-refractivity contribution < 1.29 is 13.9 Å². The van der Waals surface area contributed by atoms with Crippen LogP contribution in [0.15, 0.2) is 46.4 Å². The lowest BCUT2D eigenvalue weighted by Crippen LogP contribution is -2.11. The molecule has 0 unspecified atom stereocenters. The molecule has 0 aliphatic carbocycles. The largest absolute Gasteiger partial charge is 0.463 e. The van der Waals surface area contributed by atoms with Crippen LogP contribution in [-0.4, -0.2) is 29.2 Å². The molecule has 1 N–H and O–H groups in total. The number of rotatable bonds is 6. The Hall–Kier alpha value is -2.90. The topological polar surface area (TPSA) is 69.3 Å². The lowest BCUT2D eigenvalue weighted by atomic mass is 10.1. The molecule has 4 rings (SSSR count). The summed E-state index contributed by atoms with van der Waals surface area (Å²) in [5.41, 5.74) is 4.79. The number of amides is 1. The fourth-order valence-corrected chi connectivity index (χ4v) is 3.99. The Bertz CT molecular complexity index is 1130. The molecule has 0 radical (unpaired) electrons. The Balaban J connectivity index is 1.59. The van der Waals surface area contributed by atoms with Crippen LogP contribution in [0.25, 0.3) is 22.4 Å². The van der Waals surface area contributed by atoms with Crippen LogP contribution < -0.4 is 5.32 Å². The number of hydrogen-bond acceptors (Lipinski definition) is 5. The monoisotopic (exact) mass is 395 g/mol. The molecule has 3 aromatic heterocycles. The minimum absolute atomic E-state index is 0.177. The number of nitrogens with one attached hydrogen (secondary N) is 1. The second kappa shape index (κ2) is 7.61. The number of thiazole rings is 1. The van der Waals surface area contributed by atoms with Crippen molar-refractivity contribution in [3.05, 3.63) is 58.8 Å². The zero-order valence-electron chi connectivity index (χ0n) is 16.0. The highest BCUT2D eigenvalue weighted by Crippen LogP contribution is 2.28. The molecule has 0 aliphatic heterocycles. The predicted molar refractivity (Wildman–Crippen MR) is 111 cm³/mol. The van der Waals surface area contributed by atoms with Gasteiger partial charge in [-0.1, -0.05) is 0 Å². The first-order chi connectivity index (χ1) is 13.6. The highest BCUT2D eigenvalue weighted by molar-refractivity contribution is 7.14. The number of carbonyl (C=O) groups is 1. The number of anilines is 1. The van der Waals surface area contributed by atoms with Crippen LogP contribution in [0.4, 0.5) is 5.13 Å². The van der Waals surface area contributed by atoms with Crippen molar-refractivity contribution in [3.63, 3.8) is 0 Å². The van der Waals surface area contributed by atoms with E-state index in [4.69, 9.17) is 9.15 Å². The van der Waals surface area contributed by atoms with Gasteiger partial charge in [0.2, 0.25) is 0 Å². The number of ether oxygens (including phenoxy) is 1. The van der Waals surface area contributed by atoms with Crippen molar-refractivity contribution in [1.29, 1.82) is 0 Å². The van der Waals surface area contributed by atoms with Crippen molar-refractivity contribution in [1.82, 2.24) is 9.55 Å². The van der Waals surface area contributed by atoms with Gasteiger partial charge >= 0.3 is 0 Å². The molecule has 0 atom stereocenters. The van der Waals surface area contributed by atoms with Gasteiger partial charge in [0.25, 0.3) is 5.91 Å². The number of benzene rings is 1. The van der Waals surface area contributed by atoms with E-state index in [1.165, 1.54) is 22.6 Å². The molecule has 0 saturated heterocycles. The van der Waals surface area contributed by atoms with E-state index in [1.54, 1.807) is 13.4 Å². The van der Waals surface area contributed by atoms with Gasteiger partial charge in [-0.05, 0) is 49.7 Å². The maximum atomic E-state index is 12.7. The molecule has 0 bridgehead atoms. The van der Waals surface area contributed by atoms with Crippen LogP contribution >= 0.6 is 11.3 Å². The molecule has 0 fully saturated rings. The summed E-state index contributed by atoms with van der Waals surface area (Å²) >= 11 is 1.37. The fourth-order valence-electron chi connectivity index (χ4n) is 3.30. The van der Waals surface area contributed by atoms with Gasteiger partial charge in [0.15, 0.2) is 10.9 Å². The number of nitrogens with zero attached hydrogens (tertiary/aromatic N) is 2. The van der Waals surface area contributed by atoms with Crippen LogP contribution in [0.1, 0.15) is 21.6 Å². The summed E-state index contributed by atoms with van der Waals surface area (Å²) in [6, 6.07) is 9.44. The average molecular weight is 395 g/mol. The molecule has 28 heavy (non-hydrogen) atoms. The lowest BCUT2D eigenvalue weighted by Gasteiger charge is -2.08. The smallest absolute Gasteiger partial charge is 0.257 e. The first kappa shape index (κ1) is 18.5. The summed E-state index contributed by atoms with van der Waals surface area (Å²) < 4.78 is 12.8. The third kappa shape index (κ3) is 3.34. The highest BCUT2D eigenvalue weighted by Gasteiger charge is 2.15. The molecule has 0 spiro atoms. The number of aryl methyl sites for hydroxylation is 1. The summed E-state index contributed by atoms with van der Waals surface area (Å²) in [7, 11) is 1.70. The highest BCUT2D eigenvalue weighted by atomic mass is 32.1. The van der Waals surface area contributed by atoms with Gasteiger partial charge in [0.1, 0.15) is 5.69 Å². The summed E-state index contributed by atoms with van der Waals surface area (Å²) in [6.07, 6.45) is 1.60. The zero-order valence-corrected chi connectivity index (χ0v) is 16.8. The van der Waals surface area contributed by atoms with E-state index in [0.29, 0.717) is 28.8 Å². The van der Waals surface area contributed by atoms with Crippen LogP contribution in [0, 0.1) is 13.8 Å². The molecular formula is C21H21N3O3S. The van der Waals surface area contributed by atoms with Gasteiger partial charge in [-0.25, -0.2) is 4.98 Å². The van der Waals surface area contributed by atoms with Crippen molar-refractivity contribution >= 4 is 33.3 Å². The molecule has 6 nitrogen and oxygen atoms in total. The Morgan fingerprint density at radius 3 is 2.93 bits per heavy atom. The Kier molecular flexibility index (Phi) is 5.02. The predicted octanol–water partition coefficient (Wildman–Crippen LogP) is 4.87. The van der Waals surface area contributed by atoms with Gasteiger partial charge in [0.05, 0.1) is 12.9 Å². The van der Waals surface area contributed by atoms with E-state index >= 15 is 0 Å². The van der Waals surface area contributed by atoms with Crippen LogP contribution in [-0.2, 0) is 11.3 Å². The number of furan rings is 1. The first-order valence-electron chi connectivity index (χ1n) is 8.97. The number of carbonyl (C=O) groups excluding carboxylic acids is 1. The quantitative estimate of drug-likeness (QED) is 0.505. The fraction of sp³-hybridized carbons (Fsp3) is 0.238. The first-order valence-corrected chi connectivity index (χ1v) is 9.85. The Morgan fingerprint density at radius 1 is 1.32 bits per heavy atom. The molecule has 3 heterocycles. The van der Waals surface area contributed by atoms with Gasteiger partial charge in [-0.15, -0.1) is 11.3 Å². The van der Waals surface area contributed by atoms with E-state index in [9.17, 15) is 4.79 Å². The van der Waals surface area contributed by atoms with E-state index in [2.05, 4.69) is 28.7 Å². The summed E-state index contributed by atoms with van der Waals surface area (Å²) in [4.78, 5) is 17.2. The number of hydrogen-bond donors (Lipinski definition) is 1. The Labute approximate surface area is 166 Å². The number of aromatic nitrogens is 2. The molecule has 1 amide bonds. The number of methoxy groups -OCH3 is 1. The van der Waals surface area contributed by atoms with Gasteiger partial charge in [-0.3, -0.25) is 10.1 Å². The van der Waals surface area contributed by atoms with Crippen molar-refractivity contribution in [2.45, 2.75) is 20.4 Å². The summed E-state index contributed by atoms with van der Waals surface area (Å²) in [5.74, 6) is 0.505. The van der Waals surface area contributed by atoms with Crippen molar-refractivity contribution in [2.75, 3.05) is 19.0 Å². The van der Waals surface area contributed by atoms with E-state index < -0.39 is 0 Å². The maximum absolute atomic E-state index is 12.7. The van der Waals surface area contributed by atoms with Crippen LogP contribution in [0.5, 0.6) is 0 Å². The average Bonchev–Trinajstić information content (AvgIpc) is 3.42. The third-order valence-corrected chi connectivity index (χ3v) is 5.68. The standard InChI is InChI=1S/C21H21N3O3S/c1-13-14(2)24(8-10-26-3)18-7-6-15(11-16(13)18)20(25)23-21-22-17(12-28-21)19-5-4-9-27-19/h4-7,9,11-12H,8,10H2,1-3H3,(H,22,23,25). The van der Waals surface area contributed by atoms with Gasteiger partial charge in [0, 0.05) is 41.2 Å². The normalized spacial score (nSPS) is 11.2. The van der Waals surface area contributed by atoms with E-state index in [0.717, 1.165) is 17.4 Å². The molecule has 4 aromatic rings. The third-order valence-electron chi connectivity index (χ3n) is 4.92. The second-order valence-electron chi connectivity index (χ2n) is 6.56. The minimum Gasteiger partial charge on any atom is -0.463 e. The maximum Gasteiger partial charge on any atom is 0.257 e. The number of fused-ring (bicyclic) bond motifs is 1. The SMILES string of the molecule is COCCn1c(C)c(C)c2cc(C(=O)Nc3nc(-c4ccco4)cs3)ccc21. The van der Waals surface area contributed by atoms with E-state index in [1.807, 2.05) is 35.7 Å². The van der Waals surface area contributed by atoms with Gasteiger partial charge < -0.3 is 13.7 Å². The van der Waals surface area contributed by atoms with Crippen molar-refractivity contribution in [2.24, 2.45) is 0 Å². The lowest BCUT2D eigenvalue weighted by molar-refractivity contribution is 0.102. The molecule has 7 heteroatoms. The zero-order chi connectivity index (χ0) is 19.7. The molecule has 0 aliphatic rings. The summed E-state index contributed by atoms with van der Waals surface area (Å²) in [5, 5.41) is 6.37. The molecule has 0 saturated carbocycles. The van der Waals surface area contributed by atoms with E-state index in [-0.39, 0.29) is 5.91 Å². The summed E-state index contributed by atoms with van der Waals surface area (Å²) in [6.45, 7) is 5.61. The van der Waals surface area contributed by atoms with Gasteiger partial charge in [-0.2, -0.15) is 0 Å². The molecule has 144 valence electrons. The van der Waals surface area contributed by atoms with Crippen LogP contribution in [0.3, 0.4) is 0 Å². The molecule has 1 aromatic carbocycles. The second-order valence-corrected chi connectivity index (χ2v) is 7.41. The Morgan fingerprint density at radius 2 is 2.18 bits per heavy atom. The van der Waals surface area contributed by atoms with Crippen LogP contribution in [0.2, 0.25) is 0 Å². The molecular weight excluding hydrogens is 374 g/mol. The minimum atomic E-state index is -0.177. The van der Waals surface area contributed by atoms with Crippen molar-refractivity contribution in [3.8, 4) is 11.5 Å².